The van der Waals surface area contributed by atoms with E-state index in [0.29, 0.717) is 16.8 Å². The van der Waals surface area contributed by atoms with Gasteiger partial charge in [-0.15, -0.1) is 0 Å². The van der Waals surface area contributed by atoms with Gasteiger partial charge in [-0.05, 0) is 73.2 Å². The molecule has 29 heavy (non-hydrogen) atoms. The van der Waals surface area contributed by atoms with E-state index in [9.17, 15) is 14.4 Å². The first kappa shape index (κ1) is 20.8. The third-order valence-electron chi connectivity index (χ3n) is 5.06. The Balaban J connectivity index is 1.56. The molecule has 0 saturated carbocycles. The topological polar surface area (TPSA) is 72.5 Å². The lowest BCUT2D eigenvalue weighted by Gasteiger charge is -2.17. The molecule has 0 fully saturated rings. The molecule has 1 N–H and O–H groups in total. The number of hydrogen-bond donors (Lipinski definition) is 1. The highest BCUT2D eigenvalue weighted by atomic mass is 16.5. The van der Waals surface area contributed by atoms with Gasteiger partial charge in [0.1, 0.15) is 0 Å². The zero-order valence-electron chi connectivity index (χ0n) is 17.2. The Bertz CT molecular complexity index is 923. The molecule has 0 bridgehead atoms. The Morgan fingerprint density at radius 3 is 2.17 bits per heavy atom. The van der Waals surface area contributed by atoms with E-state index in [-0.39, 0.29) is 18.3 Å². The lowest BCUT2D eigenvalue weighted by molar-refractivity contribution is -0.123. The van der Waals surface area contributed by atoms with Crippen LogP contribution in [0.1, 0.15) is 65.5 Å². The summed E-state index contributed by atoms with van der Waals surface area (Å²) in [6.07, 6.45) is 4.35. The fourth-order valence-electron chi connectivity index (χ4n) is 3.22. The molecule has 3 rings (SSSR count). The number of rotatable bonds is 5. The summed E-state index contributed by atoms with van der Waals surface area (Å²) in [5.74, 6) is -0.874. The summed E-state index contributed by atoms with van der Waals surface area (Å²) in [5, 5.41) is 2.81. The van der Waals surface area contributed by atoms with E-state index in [2.05, 4.69) is 5.32 Å². The van der Waals surface area contributed by atoms with E-state index in [4.69, 9.17) is 4.74 Å². The van der Waals surface area contributed by atoms with Gasteiger partial charge in [0.05, 0.1) is 5.56 Å². The minimum Gasteiger partial charge on any atom is -0.454 e. The molecule has 0 heterocycles. The van der Waals surface area contributed by atoms with Gasteiger partial charge in [0.25, 0.3) is 0 Å². The average molecular weight is 393 g/mol. The maximum atomic E-state index is 12.3. The molecule has 5 heteroatoms. The van der Waals surface area contributed by atoms with Crippen molar-refractivity contribution < 1.29 is 19.1 Å². The average Bonchev–Trinajstić information content (AvgIpc) is 2.71. The number of fused-ring (bicyclic) bond motifs is 1. The number of ether oxygens (including phenoxy) is 1. The number of Topliss-reactive ketones (excluding diaryl/α,β-unsaturated/α-hetero) is 1. The first-order valence-corrected chi connectivity index (χ1v) is 9.98. The van der Waals surface area contributed by atoms with E-state index >= 15 is 0 Å². The smallest absolute Gasteiger partial charge is 0.338 e. The van der Waals surface area contributed by atoms with Crippen molar-refractivity contribution in [3.8, 4) is 0 Å². The van der Waals surface area contributed by atoms with Crippen molar-refractivity contribution in [1.82, 2.24) is 0 Å². The third kappa shape index (κ3) is 5.31. The predicted molar refractivity (Wildman–Crippen MR) is 112 cm³/mol. The van der Waals surface area contributed by atoms with E-state index < -0.39 is 11.4 Å². The molecule has 0 aromatic heterocycles. The number of anilines is 1. The van der Waals surface area contributed by atoms with Crippen LogP contribution in [-0.4, -0.2) is 24.3 Å². The van der Waals surface area contributed by atoms with E-state index in [1.54, 1.807) is 30.3 Å². The minimum absolute atomic E-state index is 0.101. The van der Waals surface area contributed by atoms with Gasteiger partial charge in [-0.3, -0.25) is 9.59 Å². The van der Waals surface area contributed by atoms with Gasteiger partial charge in [0.2, 0.25) is 5.91 Å². The Morgan fingerprint density at radius 2 is 1.52 bits per heavy atom. The summed E-state index contributed by atoms with van der Waals surface area (Å²) in [6, 6.07) is 12.2. The second-order valence-corrected chi connectivity index (χ2v) is 8.47. The number of esters is 1. The van der Waals surface area contributed by atoms with Gasteiger partial charge in [0.15, 0.2) is 12.4 Å². The molecular weight excluding hydrogens is 366 g/mol. The molecule has 1 amide bonds. The molecule has 2 aromatic rings. The molecule has 0 radical (unpaired) electrons. The molecule has 0 atom stereocenters. The number of amides is 1. The number of benzene rings is 2. The van der Waals surface area contributed by atoms with Crippen LogP contribution < -0.4 is 5.32 Å². The zero-order valence-corrected chi connectivity index (χ0v) is 17.2. The molecule has 0 aliphatic heterocycles. The summed E-state index contributed by atoms with van der Waals surface area (Å²) < 4.78 is 5.22. The standard InChI is InChI=1S/C24H27NO4/c1-24(2,3)23(28)25-20-12-10-17(11-13-20)21(26)15-29-22(27)19-9-8-16-6-4-5-7-18(16)14-19/h8-14H,4-7,15H2,1-3H3,(H,25,28). The Hall–Kier alpha value is -2.95. The second-order valence-electron chi connectivity index (χ2n) is 8.47. The van der Waals surface area contributed by atoms with Crippen molar-refractivity contribution in [1.29, 1.82) is 0 Å². The second kappa shape index (κ2) is 8.60. The number of aryl methyl sites for hydroxylation is 2. The lowest BCUT2D eigenvalue weighted by atomic mass is 9.90. The van der Waals surface area contributed by atoms with Crippen molar-refractivity contribution in [2.24, 2.45) is 5.41 Å². The van der Waals surface area contributed by atoms with Crippen LogP contribution in [-0.2, 0) is 22.4 Å². The molecule has 1 aliphatic carbocycles. The molecular formula is C24H27NO4. The number of hydrogen-bond acceptors (Lipinski definition) is 4. The largest absolute Gasteiger partial charge is 0.454 e. The zero-order chi connectivity index (χ0) is 21.0. The van der Waals surface area contributed by atoms with Crippen molar-refractivity contribution in [2.45, 2.75) is 46.5 Å². The van der Waals surface area contributed by atoms with Crippen LogP contribution >= 0.6 is 0 Å². The van der Waals surface area contributed by atoms with Gasteiger partial charge in [-0.1, -0.05) is 26.8 Å². The number of ketones is 1. The van der Waals surface area contributed by atoms with Crippen molar-refractivity contribution in [3.05, 3.63) is 64.7 Å². The molecule has 5 nitrogen and oxygen atoms in total. The molecule has 0 unspecified atom stereocenters. The predicted octanol–water partition coefficient (Wildman–Crippen LogP) is 4.59. The normalized spacial score (nSPS) is 13.3. The molecule has 2 aromatic carbocycles. The Morgan fingerprint density at radius 1 is 0.897 bits per heavy atom. The van der Waals surface area contributed by atoms with Gasteiger partial charge in [-0.2, -0.15) is 0 Å². The summed E-state index contributed by atoms with van der Waals surface area (Å²) in [4.78, 5) is 36.7. The summed E-state index contributed by atoms with van der Waals surface area (Å²) in [5.41, 5.74) is 3.52. The Labute approximate surface area is 171 Å². The van der Waals surface area contributed by atoms with Crippen LogP contribution in [0.3, 0.4) is 0 Å². The molecule has 152 valence electrons. The highest BCUT2D eigenvalue weighted by molar-refractivity contribution is 6.00. The van der Waals surface area contributed by atoms with E-state index in [1.807, 2.05) is 32.9 Å². The molecule has 0 saturated heterocycles. The summed E-state index contributed by atoms with van der Waals surface area (Å²) >= 11 is 0. The highest BCUT2D eigenvalue weighted by Gasteiger charge is 2.21. The van der Waals surface area contributed by atoms with Crippen LogP contribution in [0.5, 0.6) is 0 Å². The number of carbonyl (C=O) groups is 3. The van der Waals surface area contributed by atoms with Gasteiger partial charge >= 0.3 is 5.97 Å². The van der Waals surface area contributed by atoms with Crippen LogP contribution in [0.4, 0.5) is 5.69 Å². The van der Waals surface area contributed by atoms with Gasteiger partial charge in [0, 0.05) is 16.7 Å². The van der Waals surface area contributed by atoms with E-state index in [1.165, 1.54) is 17.5 Å². The fourth-order valence-corrected chi connectivity index (χ4v) is 3.22. The fraction of sp³-hybridized carbons (Fsp3) is 0.375. The lowest BCUT2D eigenvalue weighted by Crippen LogP contribution is -2.27. The molecule has 0 spiro atoms. The van der Waals surface area contributed by atoms with Gasteiger partial charge in [-0.25, -0.2) is 4.79 Å². The van der Waals surface area contributed by atoms with Crippen molar-refractivity contribution >= 4 is 23.3 Å². The van der Waals surface area contributed by atoms with Crippen LogP contribution in [0.2, 0.25) is 0 Å². The highest BCUT2D eigenvalue weighted by Crippen LogP contribution is 2.23. The maximum absolute atomic E-state index is 12.3. The Kier molecular flexibility index (Phi) is 6.16. The van der Waals surface area contributed by atoms with Gasteiger partial charge < -0.3 is 10.1 Å². The van der Waals surface area contributed by atoms with Crippen molar-refractivity contribution in [3.63, 3.8) is 0 Å². The number of nitrogens with one attached hydrogen (secondary N) is 1. The molecule has 1 aliphatic rings. The quantitative estimate of drug-likeness (QED) is 0.596. The third-order valence-corrected chi connectivity index (χ3v) is 5.06. The van der Waals surface area contributed by atoms with Crippen LogP contribution in [0.15, 0.2) is 42.5 Å². The number of carbonyl (C=O) groups excluding carboxylic acids is 3. The summed E-state index contributed by atoms with van der Waals surface area (Å²) in [6.45, 7) is 5.18. The van der Waals surface area contributed by atoms with Crippen LogP contribution in [0, 0.1) is 5.41 Å². The first-order chi connectivity index (χ1) is 13.7. The van der Waals surface area contributed by atoms with Crippen molar-refractivity contribution in [2.75, 3.05) is 11.9 Å². The first-order valence-electron chi connectivity index (χ1n) is 9.98. The summed E-state index contributed by atoms with van der Waals surface area (Å²) in [7, 11) is 0. The monoisotopic (exact) mass is 393 g/mol. The van der Waals surface area contributed by atoms with Crippen LogP contribution in [0.25, 0.3) is 0 Å². The van der Waals surface area contributed by atoms with E-state index in [0.717, 1.165) is 19.3 Å². The SMILES string of the molecule is CC(C)(C)C(=O)Nc1ccc(C(=O)COC(=O)c2ccc3c(c2)CCCC3)cc1. The maximum Gasteiger partial charge on any atom is 0.338 e. The minimum atomic E-state index is -0.501.